The normalized spacial score (nSPS) is 35.6. The Morgan fingerprint density at radius 3 is 2.42 bits per heavy atom. The molecule has 0 unspecified atom stereocenters. The molecule has 3 fully saturated rings. The van der Waals surface area contributed by atoms with Crippen molar-refractivity contribution in [3.05, 3.63) is 11.6 Å². The number of nitrogens with one attached hydrogen (secondary N) is 1. The van der Waals surface area contributed by atoms with Crippen LogP contribution in [-0.2, 0) is 33.5 Å². The number of carboxylic acids is 1. The highest BCUT2D eigenvalue weighted by atomic mass is 16.5. The van der Waals surface area contributed by atoms with E-state index in [-0.39, 0.29) is 66.3 Å². The number of ether oxygens (including phenoxy) is 1. The van der Waals surface area contributed by atoms with Gasteiger partial charge in [0.25, 0.3) is 0 Å². The summed E-state index contributed by atoms with van der Waals surface area (Å²) >= 11 is 0. The average Bonchev–Trinajstić information content (AvgIpc) is 3.15. The van der Waals surface area contributed by atoms with Gasteiger partial charge in [-0.3, -0.25) is 24.0 Å². The number of rotatable bonds is 9. The molecule has 0 aromatic heterocycles. The molecule has 4 rings (SSSR count). The number of amides is 1. The van der Waals surface area contributed by atoms with E-state index in [9.17, 15) is 39.0 Å². The molecule has 220 valence electrons. The summed E-state index contributed by atoms with van der Waals surface area (Å²) in [5.41, 5.74) is -2.13. The van der Waals surface area contributed by atoms with E-state index in [0.717, 1.165) is 18.4 Å². The van der Waals surface area contributed by atoms with Crippen LogP contribution in [0, 0.1) is 34.5 Å². The molecular formula is C30H41NO9. The average molecular weight is 560 g/mol. The third kappa shape index (κ3) is 5.03. The van der Waals surface area contributed by atoms with Crippen molar-refractivity contribution in [2.45, 2.75) is 97.1 Å². The number of hydrogen-bond donors (Lipinski definition) is 3. The van der Waals surface area contributed by atoms with Gasteiger partial charge in [-0.05, 0) is 61.3 Å². The summed E-state index contributed by atoms with van der Waals surface area (Å²) in [5.74, 6) is -3.76. The summed E-state index contributed by atoms with van der Waals surface area (Å²) in [7, 11) is 0. The minimum absolute atomic E-state index is 0.00459. The van der Waals surface area contributed by atoms with Crippen molar-refractivity contribution in [1.29, 1.82) is 0 Å². The number of carbonyl (C=O) groups excluding carboxylic acids is 5. The predicted octanol–water partition coefficient (Wildman–Crippen LogP) is 2.55. The molecule has 0 bridgehead atoms. The monoisotopic (exact) mass is 559 g/mol. The van der Waals surface area contributed by atoms with Crippen LogP contribution in [-0.4, -0.2) is 63.7 Å². The molecule has 7 atom stereocenters. The number of aliphatic carboxylic acids is 1. The van der Waals surface area contributed by atoms with Gasteiger partial charge in [-0.2, -0.15) is 0 Å². The van der Waals surface area contributed by atoms with Crippen molar-refractivity contribution < 1.29 is 43.7 Å². The van der Waals surface area contributed by atoms with Crippen LogP contribution in [0.15, 0.2) is 11.6 Å². The molecule has 3 N–H and O–H groups in total. The van der Waals surface area contributed by atoms with Gasteiger partial charge in [-0.25, -0.2) is 4.79 Å². The van der Waals surface area contributed by atoms with Crippen LogP contribution in [0.3, 0.4) is 0 Å². The maximum Gasteiger partial charge on any atom is 0.326 e. The van der Waals surface area contributed by atoms with Crippen LogP contribution in [0.1, 0.15) is 85.5 Å². The number of Topliss-reactive ketones (excluding diaryl/α,β-unsaturated/α-hetero) is 2. The third-order valence-corrected chi connectivity index (χ3v) is 10.4. The summed E-state index contributed by atoms with van der Waals surface area (Å²) in [6.07, 6.45) is 4.40. The summed E-state index contributed by atoms with van der Waals surface area (Å²) in [4.78, 5) is 74.7. The van der Waals surface area contributed by atoms with Crippen LogP contribution in [0.25, 0.3) is 0 Å². The van der Waals surface area contributed by atoms with Crippen LogP contribution < -0.4 is 5.32 Å². The zero-order valence-electron chi connectivity index (χ0n) is 23.8. The predicted molar refractivity (Wildman–Crippen MR) is 142 cm³/mol. The molecule has 0 spiro atoms. The van der Waals surface area contributed by atoms with Crippen molar-refractivity contribution in [3.8, 4) is 0 Å². The molecule has 10 heteroatoms. The number of allylic oxidation sites excluding steroid dienone is 1. The first-order valence-electron chi connectivity index (χ1n) is 14.3. The number of hydrogen-bond acceptors (Lipinski definition) is 8. The lowest BCUT2D eigenvalue weighted by atomic mass is 9.46. The topological polar surface area (TPSA) is 164 Å². The molecule has 0 aromatic carbocycles. The number of ketones is 3. The largest absolute Gasteiger partial charge is 0.480 e. The summed E-state index contributed by atoms with van der Waals surface area (Å²) < 4.78 is 5.12. The number of esters is 1. The molecule has 3 saturated carbocycles. The lowest BCUT2D eigenvalue weighted by molar-refractivity contribution is -0.173. The fourth-order valence-electron chi connectivity index (χ4n) is 8.16. The lowest BCUT2D eigenvalue weighted by Gasteiger charge is -2.57. The second-order valence-electron chi connectivity index (χ2n) is 13.0. The molecule has 0 aliphatic heterocycles. The summed E-state index contributed by atoms with van der Waals surface area (Å²) in [6.45, 7) is 6.52. The number of carbonyl (C=O) groups is 6. The summed E-state index contributed by atoms with van der Waals surface area (Å²) in [5, 5.41) is 23.3. The SMILES string of the molecule is CC(C)[C@H](NC(=O)CCC(=O)OCC(=O)[C@@]1(O)CC[C@H]2[C@@H]3CCC4=CC(=O)CC[C@]4(C)[C@H]3C(=O)C[C@@]21C)C(=O)O. The zero-order chi connectivity index (χ0) is 29.6. The minimum atomic E-state index is -1.82. The van der Waals surface area contributed by atoms with Crippen LogP contribution in [0.2, 0.25) is 0 Å². The molecular weight excluding hydrogens is 518 g/mol. The van der Waals surface area contributed by atoms with Crippen molar-refractivity contribution in [2.24, 2.45) is 34.5 Å². The first kappa shape index (κ1) is 30.1. The van der Waals surface area contributed by atoms with E-state index < -0.39 is 47.3 Å². The van der Waals surface area contributed by atoms with Gasteiger partial charge in [0.1, 0.15) is 17.4 Å². The van der Waals surface area contributed by atoms with E-state index in [1.54, 1.807) is 26.8 Å². The van der Waals surface area contributed by atoms with Crippen LogP contribution in [0.4, 0.5) is 0 Å². The summed E-state index contributed by atoms with van der Waals surface area (Å²) in [6, 6.07) is -1.08. The first-order chi connectivity index (χ1) is 18.6. The van der Waals surface area contributed by atoms with Gasteiger partial charge < -0.3 is 20.3 Å². The first-order valence-corrected chi connectivity index (χ1v) is 14.3. The Kier molecular flexibility index (Phi) is 8.15. The van der Waals surface area contributed by atoms with E-state index in [4.69, 9.17) is 4.74 Å². The Bertz CT molecular complexity index is 1160. The standard InChI is InChI=1S/C30H41NO9/c1-16(2)26(27(37)38)31-23(35)7-8-24(36)40-15-22(34)30(39)12-10-20-19-6-5-17-13-18(32)9-11-28(17,3)25(19)21(33)14-29(20,30)4/h13,16,19-20,25-26,39H,5-12,14-15H2,1-4H3,(H,31,35)(H,37,38)/t19-,20-,25+,26-,28-,29-,30-/m0/s1. The second-order valence-corrected chi connectivity index (χ2v) is 13.0. The fourth-order valence-corrected chi connectivity index (χ4v) is 8.16. The maximum atomic E-state index is 13.7. The van der Waals surface area contributed by atoms with Gasteiger partial charge in [0.05, 0.1) is 6.42 Å². The highest BCUT2D eigenvalue weighted by molar-refractivity contribution is 5.95. The Labute approximate surface area is 234 Å². The van der Waals surface area contributed by atoms with Crippen molar-refractivity contribution in [3.63, 3.8) is 0 Å². The van der Waals surface area contributed by atoms with Crippen LogP contribution >= 0.6 is 0 Å². The van der Waals surface area contributed by atoms with Crippen molar-refractivity contribution in [1.82, 2.24) is 5.32 Å². The molecule has 0 heterocycles. The Balaban J connectivity index is 1.38. The highest BCUT2D eigenvalue weighted by Crippen LogP contribution is 2.66. The Morgan fingerprint density at radius 1 is 1.07 bits per heavy atom. The highest BCUT2D eigenvalue weighted by Gasteiger charge is 2.68. The van der Waals surface area contributed by atoms with Gasteiger partial charge in [-0.15, -0.1) is 0 Å². The number of fused-ring (bicyclic) bond motifs is 5. The lowest BCUT2D eigenvalue weighted by Crippen LogP contribution is -2.61. The molecule has 4 aliphatic rings. The molecule has 0 saturated heterocycles. The van der Waals surface area contributed by atoms with E-state index in [1.807, 2.05) is 0 Å². The van der Waals surface area contributed by atoms with Crippen molar-refractivity contribution >= 4 is 35.2 Å². The molecule has 1 amide bonds. The van der Waals surface area contributed by atoms with E-state index in [2.05, 4.69) is 12.2 Å². The van der Waals surface area contributed by atoms with Gasteiger partial charge >= 0.3 is 11.9 Å². The fraction of sp³-hybridized carbons (Fsp3) is 0.733. The number of aliphatic hydroxyl groups is 1. The van der Waals surface area contributed by atoms with E-state index >= 15 is 0 Å². The smallest absolute Gasteiger partial charge is 0.326 e. The number of carboxylic acid groups (broad SMARTS) is 1. The van der Waals surface area contributed by atoms with E-state index in [0.29, 0.717) is 19.3 Å². The quantitative estimate of drug-likeness (QED) is 0.360. The maximum absolute atomic E-state index is 13.7. The molecule has 0 aromatic rings. The van der Waals surface area contributed by atoms with Gasteiger partial charge in [-0.1, -0.05) is 33.3 Å². The Hall–Kier alpha value is -2.88. The zero-order valence-corrected chi connectivity index (χ0v) is 23.8. The molecule has 10 nitrogen and oxygen atoms in total. The Morgan fingerprint density at radius 2 is 1.77 bits per heavy atom. The van der Waals surface area contributed by atoms with Crippen LogP contribution in [0.5, 0.6) is 0 Å². The van der Waals surface area contributed by atoms with Gasteiger partial charge in [0.2, 0.25) is 11.7 Å². The second kappa shape index (κ2) is 10.8. The molecule has 40 heavy (non-hydrogen) atoms. The molecule has 4 aliphatic carbocycles. The van der Waals surface area contributed by atoms with Gasteiger partial charge in [0, 0.05) is 30.6 Å². The molecule has 0 radical (unpaired) electrons. The minimum Gasteiger partial charge on any atom is -0.480 e. The van der Waals surface area contributed by atoms with Gasteiger partial charge in [0.15, 0.2) is 12.4 Å². The third-order valence-electron chi connectivity index (χ3n) is 10.4. The van der Waals surface area contributed by atoms with E-state index in [1.165, 1.54) is 0 Å². The van der Waals surface area contributed by atoms with Crippen molar-refractivity contribution in [2.75, 3.05) is 6.61 Å².